The number of fused-ring (bicyclic) bond motifs is 1. The van der Waals surface area contributed by atoms with Crippen LogP contribution in [0.2, 0.25) is 0 Å². The van der Waals surface area contributed by atoms with E-state index in [9.17, 15) is 4.79 Å². The summed E-state index contributed by atoms with van der Waals surface area (Å²) in [7, 11) is 0. The quantitative estimate of drug-likeness (QED) is 0.573. The Bertz CT molecular complexity index is 982. The van der Waals surface area contributed by atoms with Crippen LogP contribution in [0.4, 0.5) is 17.1 Å². The van der Waals surface area contributed by atoms with Crippen molar-refractivity contribution in [2.45, 2.75) is 19.3 Å². The lowest BCUT2D eigenvalue weighted by Crippen LogP contribution is -2.20. The third-order valence-corrected chi connectivity index (χ3v) is 4.63. The van der Waals surface area contributed by atoms with Crippen molar-refractivity contribution in [3.05, 3.63) is 83.9 Å². The number of carbonyl (C=O) groups excluding carboxylic acids is 1. The van der Waals surface area contributed by atoms with Crippen LogP contribution in [0.5, 0.6) is 5.75 Å². The van der Waals surface area contributed by atoms with Gasteiger partial charge in [0.15, 0.2) is 6.61 Å². The zero-order valence-corrected chi connectivity index (χ0v) is 15.5. The van der Waals surface area contributed by atoms with E-state index in [0.29, 0.717) is 5.69 Å². The van der Waals surface area contributed by atoms with E-state index in [0.717, 1.165) is 30.0 Å². The lowest BCUT2D eigenvalue weighted by Gasteiger charge is -2.09. The molecule has 1 aliphatic carbocycles. The molecule has 0 saturated heterocycles. The SMILES string of the molecule is O=C(COc1ccc2c(c1)CCC2)Nc1ccc(N=Nc2ccccc2)cc1. The van der Waals surface area contributed by atoms with Crippen LogP contribution >= 0.6 is 0 Å². The molecule has 4 rings (SSSR count). The second kappa shape index (κ2) is 8.48. The Labute approximate surface area is 164 Å². The first kappa shape index (κ1) is 17.9. The van der Waals surface area contributed by atoms with Crippen LogP contribution in [-0.4, -0.2) is 12.5 Å². The molecule has 0 radical (unpaired) electrons. The molecular weight excluding hydrogens is 350 g/mol. The molecule has 0 spiro atoms. The zero-order valence-electron chi connectivity index (χ0n) is 15.5. The van der Waals surface area contributed by atoms with Gasteiger partial charge in [-0.3, -0.25) is 4.79 Å². The van der Waals surface area contributed by atoms with Crippen molar-refractivity contribution in [3.63, 3.8) is 0 Å². The number of ether oxygens (including phenoxy) is 1. The molecule has 1 aliphatic rings. The molecule has 3 aromatic carbocycles. The molecule has 0 heterocycles. The van der Waals surface area contributed by atoms with Crippen molar-refractivity contribution >= 4 is 23.0 Å². The summed E-state index contributed by atoms with van der Waals surface area (Å²) in [5.41, 5.74) is 4.93. The van der Waals surface area contributed by atoms with Gasteiger partial charge >= 0.3 is 0 Å². The number of benzene rings is 3. The lowest BCUT2D eigenvalue weighted by molar-refractivity contribution is -0.118. The van der Waals surface area contributed by atoms with E-state index in [1.165, 1.54) is 17.5 Å². The average Bonchev–Trinajstić information content (AvgIpc) is 3.20. The summed E-state index contributed by atoms with van der Waals surface area (Å²) >= 11 is 0. The van der Waals surface area contributed by atoms with E-state index in [-0.39, 0.29) is 12.5 Å². The molecule has 0 saturated carbocycles. The number of hydrogen-bond acceptors (Lipinski definition) is 4. The molecule has 5 nitrogen and oxygen atoms in total. The average molecular weight is 371 g/mol. The van der Waals surface area contributed by atoms with Gasteiger partial charge in [-0.05, 0) is 78.9 Å². The summed E-state index contributed by atoms with van der Waals surface area (Å²) in [4.78, 5) is 12.1. The smallest absolute Gasteiger partial charge is 0.262 e. The lowest BCUT2D eigenvalue weighted by atomic mass is 10.1. The maximum absolute atomic E-state index is 12.1. The highest BCUT2D eigenvalue weighted by Gasteiger charge is 2.12. The minimum Gasteiger partial charge on any atom is -0.484 e. The summed E-state index contributed by atoms with van der Waals surface area (Å²) in [5, 5.41) is 11.2. The van der Waals surface area contributed by atoms with Crippen molar-refractivity contribution < 1.29 is 9.53 Å². The Kier molecular flexibility index (Phi) is 5.43. The van der Waals surface area contributed by atoms with Gasteiger partial charge in [0.1, 0.15) is 5.75 Å². The summed E-state index contributed by atoms with van der Waals surface area (Å²) in [6.07, 6.45) is 3.42. The Morgan fingerprint density at radius 3 is 2.36 bits per heavy atom. The molecule has 0 unspecified atom stereocenters. The van der Waals surface area contributed by atoms with Crippen LogP contribution in [0.1, 0.15) is 17.5 Å². The topological polar surface area (TPSA) is 63.0 Å². The van der Waals surface area contributed by atoms with Crippen LogP contribution in [0.15, 0.2) is 83.0 Å². The molecule has 1 amide bonds. The number of aryl methyl sites for hydroxylation is 2. The van der Waals surface area contributed by atoms with E-state index in [2.05, 4.69) is 21.6 Å². The number of amides is 1. The fraction of sp³-hybridized carbons (Fsp3) is 0.174. The summed E-state index contributed by atoms with van der Waals surface area (Å²) in [6.45, 7) is -0.0196. The molecule has 5 heteroatoms. The van der Waals surface area contributed by atoms with Crippen LogP contribution in [0, 0.1) is 0 Å². The number of nitrogens with zero attached hydrogens (tertiary/aromatic N) is 2. The molecule has 0 aliphatic heterocycles. The van der Waals surface area contributed by atoms with Crippen LogP contribution < -0.4 is 10.1 Å². The number of anilines is 1. The van der Waals surface area contributed by atoms with Crippen LogP contribution in [0.25, 0.3) is 0 Å². The van der Waals surface area contributed by atoms with Crippen molar-refractivity contribution in [1.29, 1.82) is 0 Å². The van der Waals surface area contributed by atoms with Gasteiger partial charge in [-0.1, -0.05) is 24.3 Å². The second-order valence-electron chi connectivity index (χ2n) is 6.70. The van der Waals surface area contributed by atoms with Gasteiger partial charge in [0.05, 0.1) is 11.4 Å². The number of hydrogen-bond donors (Lipinski definition) is 1. The van der Waals surface area contributed by atoms with Crippen LogP contribution in [0.3, 0.4) is 0 Å². The predicted octanol–water partition coefficient (Wildman–Crippen LogP) is 5.61. The fourth-order valence-electron chi connectivity index (χ4n) is 3.21. The summed E-state index contributed by atoms with van der Waals surface area (Å²) in [6, 6.07) is 22.8. The zero-order chi connectivity index (χ0) is 19.2. The standard InChI is InChI=1S/C23H21N3O2/c27-23(16-28-22-14-9-17-5-4-6-18(17)15-22)24-19-10-12-21(13-11-19)26-25-20-7-2-1-3-8-20/h1-3,7-15H,4-6,16H2,(H,24,27). The van der Waals surface area contributed by atoms with Gasteiger partial charge in [-0.25, -0.2) is 0 Å². The van der Waals surface area contributed by atoms with Gasteiger partial charge < -0.3 is 10.1 Å². The molecular formula is C23H21N3O2. The van der Waals surface area contributed by atoms with Gasteiger partial charge in [0.2, 0.25) is 0 Å². The maximum Gasteiger partial charge on any atom is 0.262 e. The van der Waals surface area contributed by atoms with Gasteiger partial charge in [-0.2, -0.15) is 10.2 Å². The highest BCUT2D eigenvalue weighted by Crippen LogP contribution is 2.26. The van der Waals surface area contributed by atoms with Crippen molar-refractivity contribution in [3.8, 4) is 5.75 Å². The molecule has 1 N–H and O–H groups in total. The van der Waals surface area contributed by atoms with Gasteiger partial charge in [0.25, 0.3) is 5.91 Å². The summed E-state index contributed by atoms with van der Waals surface area (Å²) < 4.78 is 5.63. The Morgan fingerprint density at radius 1 is 0.857 bits per heavy atom. The molecule has 3 aromatic rings. The molecule has 0 fully saturated rings. The fourth-order valence-corrected chi connectivity index (χ4v) is 3.21. The van der Waals surface area contributed by atoms with E-state index in [1.54, 1.807) is 12.1 Å². The Balaban J connectivity index is 1.29. The predicted molar refractivity (Wildman–Crippen MR) is 110 cm³/mol. The highest BCUT2D eigenvalue weighted by atomic mass is 16.5. The first-order chi connectivity index (χ1) is 13.8. The normalized spacial score (nSPS) is 12.7. The molecule has 140 valence electrons. The number of azo groups is 1. The monoisotopic (exact) mass is 371 g/mol. The first-order valence-electron chi connectivity index (χ1n) is 9.37. The third-order valence-electron chi connectivity index (χ3n) is 4.63. The van der Waals surface area contributed by atoms with Crippen molar-refractivity contribution in [1.82, 2.24) is 0 Å². The van der Waals surface area contributed by atoms with E-state index in [1.807, 2.05) is 54.6 Å². The van der Waals surface area contributed by atoms with E-state index in [4.69, 9.17) is 4.74 Å². The molecule has 0 atom stereocenters. The minimum absolute atomic E-state index is 0.0196. The van der Waals surface area contributed by atoms with Crippen LogP contribution in [-0.2, 0) is 17.6 Å². The largest absolute Gasteiger partial charge is 0.484 e. The highest BCUT2D eigenvalue weighted by molar-refractivity contribution is 5.92. The molecule has 28 heavy (non-hydrogen) atoms. The number of carbonyl (C=O) groups is 1. The van der Waals surface area contributed by atoms with Crippen molar-refractivity contribution in [2.75, 3.05) is 11.9 Å². The maximum atomic E-state index is 12.1. The van der Waals surface area contributed by atoms with Crippen molar-refractivity contribution in [2.24, 2.45) is 10.2 Å². The summed E-state index contributed by atoms with van der Waals surface area (Å²) in [5.74, 6) is 0.548. The van der Waals surface area contributed by atoms with E-state index < -0.39 is 0 Å². The number of rotatable bonds is 6. The number of nitrogens with one attached hydrogen (secondary N) is 1. The second-order valence-corrected chi connectivity index (χ2v) is 6.70. The minimum atomic E-state index is -0.195. The van der Waals surface area contributed by atoms with Gasteiger partial charge in [0, 0.05) is 5.69 Å². The van der Waals surface area contributed by atoms with E-state index >= 15 is 0 Å². The molecule has 0 aromatic heterocycles. The Morgan fingerprint density at radius 2 is 1.57 bits per heavy atom. The molecule has 0 bridgehead atoms. The Hall–Kier alpha value is -3.47. The third kappa shape index (κ3) is 4.62. The first-order valence-corrected chi connectivity index (χ1v) is 9.37. The van der Waals surface area contributed by atoms with Gasteiger partial charge in [-0.15, -0.1) is 0 Å².